The molecule has 17 heavy (non-hydrogen) atoms. The van der Waals surface area contributed by atoms with E-state index in [1.54, 1.807) is 0 Å². The van der Waals surface area contributed by atoms with Crippen molar-refractivity contribution in [1.29, 1.82) is 0 Å². The average molecular weight is 240 g/mol. The first-order valence-electron chi connectivity index (χ1n) is 6.74. The molecule has 0 aromatic rings. The lowest BCUT2D eigenvalue weighted by Gasteiger charge is -2.29. The van der Waals surface area contributed by atoms with Gasteiger partial charge in [-0.3, -0.25) is 19.8 Å². The molecule has 0 radical (unpaired) electrons. The summed E-state index contributed by atoms with van der Waals surface area (Å²) in [6.07, 6.45) is 7.04. The van der Waals surface area contributed by atoms with Crippen LogP contribution in [0.2, 0.25) is 0 Å². The van der Waals surface area contributed by atoms with E-state index in [1.807, 2.05) is 6.92 Å². The number of hydrogen-bond acceptors (Lipinski definition) is 3. The second-order valence-corrected chi connectivity index (χ2v) is 4.75. The van der Waals surface area contributed by atoms with E-state index < -0.39 is 0 Å². The fourth-order valence-corrected chi connectivity index (χ4v) is 2.06. The second kappa shape index (κ2) is 7.43. The Morgan fingerprint density at radius 3 is 2.53 bits per heavy atom. The highest BCUT2D eigenvalue weighted by molar-refractivity contribution is 6.00. The molecular weight excluding hydrogens is 216 g/mol. The van der Waals surface area contributed by atoms with Gasteiger partial charge < -0.3 is 0 Å². The molecule has 1 fully saturated rings. The Morgan fingerprint density at radius 1 is 1.18 bits per heavy atom. The number of rotatable bonds is 7. The van der Waals surface area contributed by atoms with Crippen LogP contribution in [0.25, 0.3) is 0 Å². The van der Waals surface area contributed by atoms with Gasteiger partial charge in [0.25, 0.3) is 0 Å². The number of nitrogens with one attached hydrogen (secondary N) is 1. The van der Waals surface area contributed by atoms with Crippen LogP contribution in [-0.4, -0.2) is 35.8 Å². The van der Waals surface area contributed by atoms with Crippen LogP contribution < -0.4 is 5.32 Å². The van der Waals surface area contributed by atoms with Gasteiger partial charge in [-0.1, -0.05) is 39.0 Å². The minimum atomic E-state index is -0.215. The Balaban J connectivity index is 2.20. The zero-order valence-corrected chi connectivity index (χ0v) is 11.0. The molecule has 1 N–H and O–H groups in total. The fourth-order valence-electron chi connectivity index (χ4n) is 2.06. The van der Waals surface area contributed by atoms with Gasteiger partial charge in [0.2, 0.25) is 11.8 Å². The predicted octanol–water partition coefficient (Wildman–Crippen LogP) is 1.69. The SMILES string of the molecule is CCCCCCCCN1C(=O)CNC(C)C1=O. The third kappa shape index (κ3) is 4.46. The third-order valence-electron chi connectivity index (χ3n) is 3.23. The molecule has 1 saturated heterocycles. The van der Waals surface area contributed by atoms with Gasteiger partial charge >= 0.3 is 0 Å². The zero-order chi connectivity index (χ0) is 12.7. The maximum Gasteiger partial charge on any atom is 0.246 e. The van der Waals surface area contributed by atoms with E-state index in [9.17, 15) is 9.59 Å². The standard InChI is InChI=1S/C13H24N2O2/c1-3-4-5-6-7-8-9-15-12(16)10-14-11(2)13(15)17/h11,14H,3-10H2,1-2H3. The monoisotopic (exact) mass is 240 g/mol. The first kappa shape index (κ1) is 14.2. The molecule has 0 aromatic heterocycles. The van der Waals surface area contributed by atoms with Crippen LogP contribution >= 0.6 is 0 Å². The van der Waals surface area contributed by atoms with Gasteiger partial charge in [-0.15, -0.1) is 0 Å². The normalized spacial score (nSPS) is 21.1. The van der Waals surface area contributed by atoms with Gasteiger partial charge in [-0.2, -0.15) is 0 Å². The maximum atomic E-state index is 11.7. The summed E-state index contributed by atoms with van der Waals surface area (Å²) in [6.45, 7) is 4.89. The molecule has 1 rings (SSSR count). The largest absolute Gasteiger partial charge is 0.298 e. The van der Waals surface area contributed by atoms with Gasteiger partial charge in [-0.05, 0) is 13.3 Å². The van der Waals surface area contributed by atoms with Crippen LogP contribution in [0.3, 0.4) is 0 Å². The molecule has 4 heteroatoms. The molecule has 1 unspecified atom stereocenters. The van der Waals surface area contributed by atoms with E-state index in [2.05, 4.69) is 12.2 Å². The van der Waals surface area contributed by atoms with E-state index in [0.717, 1.165) is 12.8 Å². The Morgan fingerprint density at radius 2 is 1.82 bits per heavy atom. The molecule has 0 saturated carbocycles. The quantitative estimate of drug-likeness (QED) is 0.544. The van der Waals surface area contributed by atoms with Gasteiger partial charge in [0.1, 0.15) is 0 Å². The van der Waals surface area contributed by atoms with Crippen molar-refractivity contribution in [2.45, 2.75) is 58.4 Å². The average Bonchev–Trinajstić information content (AvgIpc) is 2.32. The number of unbranched alkanes of at least 4 members (excludes halogenated alkanes) is 5. The highest BCUT2D eigenvalue weighted by Crippen LogP contribution is 2.08. The third-order valence-corrected chi connectivity index (χ3v) is 3.23. The van der Waals surface area contributed by atoms with Crippen LogP contribution in [0.1, 0.15) is 52.4 Å². The Hall–Kier alpha value is -0.900. The summed E-state index contributed by atoms with van der Waals surface area (Å²) < 4.78 is 0. The highest BCUT2D eigenvalue weighted by Gasteiger charge is 2.30. The molecule has 0 spiro atoms. The molecule has 4 nitrogen and oxygen atoms in total. The van der Waals surface area contributed by atoms with Gasteiger partial charge in [0.15, 0.2) is 0 Å². The Labute approximate surface area is 104 Å². The summed E-state index contributed by atoms with van der Waals surface area (Å²) in [5, 5.41) is 2.89. The minimum absolute atomic E-state index is 0.0743. The van der Waals surface area contributed by atoms with E-state index in [0.29, 0.717) is 13.1 Å². The fraction of sp³-hybridized carbons (Fsp3) is 0.846. The van der Waals surface area contributed by atoms with E-state index >= 15 is 0 Å². The lowest BCUT2D eigenvalue weighted by atomic mass is 10.1. The molecule has 98 valence electrons. The van der Waals surface area contributed by atoms with E-state index in [1.165, 1.54) is 30.6 Å². The van der Waals surface area contributed by atoms with Crippen molar-refractivity contribution in [2.24, 2.45) is 0 Å². The summed E-state index contributed by atoms with van der Waals surface area (Å²) in [4.78, 5) is 24.7. The van der Waals surface area contributed by atoms with Gasteiger partial charge in [0, 0.05) is 6.54 Å². The number of hydrogen-bond donors (Lipinski definition) is 1. The van der Waals surface area contributed by atoms with Gasteiger partial charge in [-0.25, -0.2) is 0 Å². The predicted molar refractivity (Wildman–Crippen MR) is 67.6 cm³/mol. The number of imide groups is 1. The van der Waals surface area contributed by atoms with Crippen molar-refractivity contribution in [3.63, 3.8) is 0 Å². The number of amides is 2. The van der Waals surface area contributed by atoms with Crippen LogP contribution in [0.4, 0.5) is 0 Å². The molecule has 2 amide bonds. The summed E-state index contributed by atoms with van der Waals surface area (Å²) >= 11 is 0. The van der Waals surface area contributed by atoms with Crippen molar-refractivity contribution in [1.82, 2.24) is 10.2 Å². The summed E-state index contributed by atoms with van der Waals surface area (Å²) in [5.74, 6) is -0.156. The molecular formula is C13H24N2O2. The van der Waals surface area contributed by atoms with Crippen molar-refractivity contribution in [3.05, 3.63) is 0 Å². The molecule has 1 aliphatic heterocycles. The topological polar surface area (TPSA) is 49.4 Å². The van der Waals surface area contributed by atoms with E-state index in [4.69, 9.17) is 0 Å². The lowest BCUT2D eigenvalue weighted by molar-refractivity contribution is -0.148. The number of carbonyl (C=O) groups excluding carboxylic acids is 2. The van der Waals surface area contributed by atoms with Crippen molar-refractivity contribution in [2.75, 3.05) is 13.1 Å². The summed E-state index contributed by atoms with van der Waals surface area (Å²) in [6, 6.07) is -0.215. The minimum Gasteiger partial charge on any atom is -0.298 e. The number of piperazine rings is 1. The molecule has 0 aliphatic carbocycles. The lowest BCUT2D eigenvalue weighted by Crippen LogP contribution is -2.57. The Bertz CT molecular complexity index is 266. The highest BCUT2D eigenvalue weighted by atomic mass is 16.2. The van der Waals surface area contributed by atoms with Crippen LogP contribution in [-0.2, 0) is 9.59 Å². The van der Waals surface area contributed by atoms with Crippen LogP contribution in [0, 0.1) is 0 Å². The van der Waals surface area contributed by atoms with Gasteiger partial charge in [0.05, 0.1) is 12.6 Å². The summed E-state index contributed by atoms with van der Waals surface area (Å²) in [7, 11) is 0. The molecule has 0 aromatic carbocycles. The first-order chi connectivity index (χ1) is 8.16. The smallest absolute Gasteiger partial charge is 0.246 e. The second-order valence-electron chi connectivity index (χ2n) is 4.75. The zero-order valence-electron chi connectivity index (χ0n) is 11.0. The molecule has 1 atom stereocenters. The number of carbonyl (C=O) groups is 2. The van der Waals surface area contributed by atoms with Crippen LogP contribution in [0.15, 0.2) is 0 Å². The summed E-state index contributed by atoms with van der Waals surface area (Å²) in [5.41, 5.74) is 0. The Kier molecular flexibility index (Phi) is 6.19. The van der Waals surface area contributed by atoms with Crippen LogP contribution in [0.5, 0.6) is 0 Å². The number of nitrogens with zero attached hydrogens (tertiary/aromatic N) is 1. The molecule has 1 heterocycles. The van der Waals surface area contributed by atoms with Crippen molar-refractivity contribution in [3.8, 4) is 0 Å². The van der Waals surface area contributed by atoms with Crippen molar-refractivity contribution >= 4 is 11.8 Å². The maximum absolute atomic E-state index is 11.7. The molecule has 1 aliphatic rings. The molecule has 0 bridgehead atoms. The van der Waals surface area contributed by atoms with Crippen molar-refractivity contribution < 1.29 is 9.59 Å². The first-order valence-corrected chi connectivity index (χ1v) is 6.74. The van der Waals surface area contributed by atoms with E-state index in [-0.39, 0.29) is 17.9 Å².